The Kier molecular flexibility index (Phi) is 4.32. The van der Waals surface area contributed by atoms with Gasteiger partial charge in [0.15, 0.2) is 17.0 Å². The Morgan fingerprint density at radius 3 is 2.21 bits per heavy atom. The van der Waals surface area contributed by atoms with Crippen LogP contribution in [0.15, 0.2) is 60.7 Å². The number of benzene rings is 2. The average molecular weight is 450 g/mol. The number of hydrogen-bond donors (Lipinski definition) is 1. The Bertz CT molecular complexity index is 1750. The lowest BCUT2D eigenvalue weighted by molar-refractivity contribution is -0.114. The number of carbonyl (C=O) groups is 1. The van der Waals surface area contributed by atoms with Gasteiger partial charge in [0.1, 0.15) is 17.3 Å². The third-order valence-electron chi connectivity index (χ3n) is 6.09. The molecule has 0 unspecified atom stereocenters. The zero-order valence-electron chi connectivity index (χ0n) is 19.4. The minimum absolute atomic E-state index is 0.197. The van der Waals surface area contributed by atoms with Crippen LogP contribution in [0.4, 0.5) is 5.82 Å². The number of amides is 1. The largest absolute Gasteiger partial charge is 0.309 e. The molecule has 8 nitrogen and oxygen atoms in total. The maximum absolute atomic E-state index is 11.8. The number of anilines is 1. The minimum Gasteiger partial charge on any atom is -0.309 e. The van der Waals surface area contributed by atoms with Crippen LogP contribution in [0.3, 0.4) is 0 Å². The molecule has 1 amide bonds. The highest BCUT2D eigenvalue weighted by Gasteiger charge is 2.21. The highest BCUT2D eigenvalue weighted by molar-refractivity contribution is 5.96. The quantitative estimate of drug-likeness (QED) is 0.417. The van der Waals surface area contributed by atoms with E-state index < -0.39 is 0 Å². The Labute approximate surface area is 195 Å². The van der Waals surface area contributed by atoms with Crippen LogP contribution >= 0.6 is 0 Å². The third-order valence-corrected chi connectivity index (χ3v) is 6.09. The lowest BCUT2D eigenvalue weighted by Crippen LogP contribution is -2.10. The molecule has 34 heavy (non-hydrogen) atoms. The molecular weight excluding hydrogens is 426 g/mol. The van der Waals surface area contributed by atoms with E-state index in [2.05, 4.69) is 74.7 Å². The van der Waals surface area contributed by atoms with Crippen molar-refractivity contribution in [3.63, 3.8) is 0 Å². The molecule has 0 saturated heterocycles. The maximum atomic E-state index is 11.8. The van der Waals surface area contributed by atoms with Crippen molar-refractivity contribution in [2.45, 2.75) is 27.7 Å². The van der Waals surface area contributed by atoms with Crippen LogP contribution < -0.4 is 5.32 Å². The summed E-state index contributed by atoms with van der Waals surface area (Å²) in [6, 6.07) is 20.9. The van der Waals surface area contributed by atoms with Crippen LogP contribution in [0.1, 0.15) is 24.3 Å². The Balaban J connectivity index is 1.70. The Morgan fingerprint density at radius 2 is 1.47 bits per heavy atom. The van der Waals surface area contributed by atoms with Gasteiger partial charge >= 0.3 is 0 Å². The summed E-state index contributed by atoms with van der Waals surface area (Å²) in [5, 5.41) is 2.80. The zero-order valence-corrected chi connectivity index (χ0v) is 19.4. The smallest absolute Gasteiger partial charge is 0.222 e. The van der Waals surface area contributed by atoms with E-state index in [1.54, 1.807) is 0 Å². The molecule has 168 valence electrons. The molecule has 0 fully saturated rings. The summed E-state index contributed by atoms with van der Waals surface area (Å²) in [5.41, 5.74) is 7.68. The molecule has 0 radical (unpaired) electrons. The summed E-state index contributed by atoms with van der Waals surface area (Å²) in [7, 11) is 0. The van der Waals surface area contributed by atoms with Crippen molar-refractivity contribution in [2.24, 2.45) is 0 Å². The van der Waals surface area contributed by atoms with Crippen LogP contribution in [0.5, 0.6) is 0 Å². The molecule has 4 heterocycles. The van der Waals surface area contributed by atoms with Gasteiger partial charge in [-0.3, -0.25) is 18.3 Å². The van der Waals surface area contributed by atoms with Gasteiger partial charge in [0, 0.05) is 12.6 Å². The molecule has 6 rings (SSSR count). The van der Waals surface area contributed by atoms with Crippen molar-refractivity contribution >= 4 is 39.6 Å². The van der Waals surface area contributed by atoms with E-state index in [0.717, 1.165) is 33.9 Å². The van der Waals surface area contributed by atoms with Gasteiger partial charge in [-0.2, -0.15) is 0 Å². The van der Waals surface area contributed by atoms with Crippen molar-refractivity contribution in [3.05, 3.63) is 78.0 Å². The lowest BCUT2D eigenvalue weighted by Gasteiger charge is -2.15. The summed E-state index contributed by atoms with van der Waals surface area (Å²) >= 11 is 0. The number of rotatable bonds is 3. The van der Waals surface area contributed by atoms with E-state index in [0.29, 0.717) is 22.8 Å². The van der Waals surface area contributed by atoms with E-state index in [4.69, 9.17) is 9.97 Å². The van der Waals surface area contributed by atoms with Gasteiger partial charge in [-0.15, -0.1) is 0 Å². The minimum atomic E-state index is -0.197. The molecule has 2 aromatic carbocycles. The first kappa shape index (κ1) is 20.2. The second kappa shape index (κ2) is 7.28. The lowest BCUT2D eigenvalue weighted by atomic mass is 10.2. The summed E-state index contributed by atoms with van der Waals surface area (Å²) in [5.74, 6) is 1.54. The number of para-hydroxylation sites is 4. The number of aryl methyl sites for hydroxylation is 3. The second-order valence-electron chi connectivity index (χ2n) is 8.45. The average Bonchev–Trinajstić information content (AvgIpc) is 3.44. The van der Waals surface area contributed by atoms with Gasteiger partial charge in [0.2, 0.25) is 5.91 Å². The fourth-order valence-corrected chi connectivity index (χ4v) is 4.79. The normalized spacial score (nSPS) is 11.6. The Morgan fingerprint density at radius 1 is 0.794 bits per heavy atom. The van der Waals surface area contributed by atoms with Crippen LogP contribution in [-0.4, -0.2) is 34.4 Å². The monoisotopic (exact) mass is 449 g/mol. The molecular formula is C26H23N7O. The molecule has 6 aromatic rings. The molecule has 0 bridgehead atoms. The van der Waals surface area contributed by atoms with Crippen molar-refractivity contribution < 1.29 is 4.79 Å². The van der Waals surface area contributed by atoms with E-state index in [1.807, 2.05) is 30.5 Å². The molecule has 0 spiro atoms. The van der Waals surface area contributed by atoms with Gasteiger partial charge in [0.05, 0.1) is 22.4 Å². The van der Waals surface area contributed by atoms with Gasteiger partial charge in [-0.25, -0.2) is 15.0 Å². The number of nitrogens with one attached hydrogen (secondary N) is 1. The number of imidazole rings is 2. The van der Waals surface area contributed by atoms with Crippen LogP contribution in [0.2, 0.25) is 0 Å². The van der Waals surface area contributed by atoms with E-state index in [1.165, 1.54) is 12.6 Å². The first-order valence-corrected chi connectivity index (χ1v) is 11.1. The molecule has 8 heteroatoms. The van der Waals surface area contributed by atoms with Crippen molar-refractivity contribution in [2.75, 3.05) is 5.32 Å². The second-order valence-corrected chi connectivity index (χ2v) is 8.45. The molecule has 0 aliphatic rings. The highest BCUT2D eigenvalue weighted by Crippen LogP contribution is 2.33. The van der Waals surface area contributed by atoms with E-state index in [9.17, 15) is 4.79 Å². The van der Waals surface area contributed by atoms with Crippen molar-refractivity contribution in [1.82, 2.24) is 28.5 Å². The van der Waals surface area contributed by atoms with Crippen LogP contribution in [-0.2, 0) is 4.79 Å². The Hall–Kier alpha value is -4.46. The van der Waals surface area contributed by atoms with E-state index in [-0.39, 0.29) is 5.91 Å². The third kappa shape index (κ3) is 2.85. The molecule has 0 aliphatic carbocycles. The summed E-state index contributed by atoms with van der Waals surface area (Å²) < 4.78 is 6.57. The predicted octanol–water partition coefficient (Wildman–Crippen LogP) is 4.90. The van der Waals surface area contributed by atoms with Gasteiger partial charge in [0.25, 0.3) is 0 Å². The number of aromatic nitrogens is 6. The number of fused-ring (bicyclic) bond motifs is 4. The SMILES string of the molecule is CC(=O)Nc1nc(C)nc2c1nc(C)n2-c1ccccc1-n1c2ccccc2n2c(C)ccc12. The van der Waals surface area contributed by atoms with E-state index >= 15 is 0 Å². The maximum Gasteiger partial charge on any atom is 0.222 e. The first-order chi connectivity index (χ1) is 16.4. The fourth-order valence-electron chi connectivity index (χ4n) is 4.79. The molecule has 1 N–H and O–H groups in total. The summed E-state index contributed by atoms with van der Waals surface area (Å²) in [6.07, 6.45) is 0. The highest BCUT2D eigenvalue weighted by atomic mass is 16.1. The zero-order chi connectivity index (χ0) is 23.6. The van der Waals surface area contributed by atoms with Crippen LogP contribution in [0, 0.1) is 20.8 Å². The molecule has 0 atom stereocenters. The standard InChI is InChI=1S/C26H23N7O/c1-15-13-14-23-31(15)19-9-5-7-11-21(19)33(23)22-12-8-6-10-20(22)32-17(3)29-24-25(30-18(4)34)27-16(2)28-26(24)32/h5-14H,1-4H3,(H,27,28,30,34). The molecule has 4 aromatic heterocycles. The van der Waals surface area contributed by atoms with Gasteiger partial charge in [-0.1, -0.05) is 24.3 Å². The van der Waals surface area contributed by atoms with Crippen molar-refractivity contribution in [3.8, 4) is 11.4 Å². The summed E-state index contributed by atoms with van der Waals surface area (Å²) in [6.45, 7) is 7.34. The first-order valence-electron chi connectivity index (χ1n) is 11.1. The van der Waals surface area contributed by atoms with Crippen LogP contribution in [0.25, 0.3) is 39.2 Å². The fraction of sp³-hybridized carbons (Fsp3) is 0.154. The van der Waals surface area contributed by atoms with Gasteiger partial charge < -0.3 is 5.32 Å². The number of nitrogens with zero attached hydrogens (tertiary/aromatic N) is 6. The number of carbonyl (C=O) groups excluding carboxylic acids is 1. The predicted molar refractivity (Wildman–Crippen MR) is 133 cm³/mol. The topological polar surface area (TPSA) is 82.0 Å². The molecule has 0 aliphatic heterocycles. The van der Waals surface area contributed by atoms with Crippen molar-refractivity contribution in [1.29, 1.82) is 0 Å². The molecule has 0 saturated carbocycles. The van der Waals surface area contributed by atoms with Gasteiger partial charge in [-0.05, 0) is 57.2 Å². The summed E-state index contributed by atoms with van der Waals surface area (Å²) in [4.78, 5) is 25.7. The number of hydrogen-bond acceptors (Lipinski definition) is 4.